The van der Waals surface area contributed by atoms with Crippen LogP contribution in [0.4, 0.5) is 0 Å². The minimum atomic E-state index is 0.339. The summed E-state index contributed by atoms with van der Waals surface area (Å²) < 4.78 is 0. The molecular weight excluding hydrogens is 136 g/mol. The largest absolute Gasteiger partial charge is 0.396 e. The molecule has 11 heavy (non-hydrogen) atoms. The van der Waals surface area contributed by atoms with Gasteiger partial charge in [0.15, 0.2) is 0 Å². The van der Waals surface area contributed by atoms with E-state index in [1.165, 1.54) is 12.8 Å². The van der Waals surface area contributed by atoms with Crippen LogP contribution in [0.25, 0.3) is 0 Å². The number of unbranched alkanes of at least 4 members (excludes halogenated alkanes) is 1. The smallest absolute Gasteiger partial charge is 0.0431 e. The van der Waals surface area contributed by atoms with Crippen molar-refractivity contribution in [2.75, 3.05) is 6.61 Å². The molecule has 0 fully saturated rings. The molecule has 1 N–H and O–H groups in total. The lowest BCUT2D eigenvalue weighted by Crippen LogP contribution is -1.96. The second-order valence-electron chi connectivity index (χ2n) is 3.19. The Kier molecular flexibility index (Phi) is 7.59. The Morgan fingerprint density at radius 1 is 1.36 bits per heavy atom. The topological polar surface area (TPSA) is 20.2 Å². The maximum Gasteiger partial charge on any atom is 0.0431 e. The molecule has 0 aromatic heterocycles. The van der Waals surface area contributed by atoms with E-state index in [-0.39, 0.29) is 0 Å². The molecule has 1 nitrogen and oxygen atoms in total. The van der Waals surface area contributed by atoms with Crippen LogP contribution in [-0.4, -0.2) is 11.7 Å². The first-order valence-electron chi connectivity index (χ1n) is 4.53. The summed E-state index contributed by atoms with van der Waals surface area (Å²) in [5.41, 5.74) is 0. The summed E-state index contributed by atoms with van der Waals surface area (Å²) >= 11 is 0. The SMILES string of the molecule is C=CCCC[C@H](C)CCCO. The van der Waals surface area contributed by atoms with E-state index in [0.717, 1.165) is 25.2 Å². The third kappa shape index (κ3) is 7.60. The monoisotopic (exact) mass is 156 g/mol. The van der Waals surface area contributed by atoms with Gasteiger partial charge in [-0.25, -0.2) is 0 Å². The molecule has 1 heteroatoms. The third-order valence-electron chi connectivity index (χ3n) is 1.96. The fourth-order valence-electron chi connectivity index (χ4n) is 1.19. The Hall–Kier alpha value is -0.300. The molecule has 0 saturated heterocycles. The molecule has 0 spiro atoms. The van der Waals surface area contributed by atoms with Gasteiger partial charge in [0.05, 0.1) is 0 Å². The van der Waals surface area contributed by atoms with Gasteiger partial charge in [-0.15, -0.1) is 6.58 Å². The van der Waals surface area contributed by atoms with Crippen molar-refractivity contribution in [3.05, 3.63) is 12.7 Å². The van der Waals surface area contributed by atoms with Crippen LogP contribution in [-0.2, 0) is 0 Å². The highest BCUT2D eigenvalue weighted by Crippen LogP contribution is 2.13. The first kappa shape index (κ1) is 10.7. The van der Waals surface area contributed by atoms with Crippen molar-refractivity contribution in [2.45, 2.75) is 39.0 Å². The quantitative estimate of drug-likeness (QED) is 0.444. The van der Waals surface area contributed by atoms with Crippen LogP contribution in [0, 0.1) is 5.92 Å². The van der Waals surface area contributed by atoms with E-state index < -0.39 is 0 Å². The number of allylic oxidation sites excluding steroid dienone is 1. The average molecular weight is 156 g/mol. The van der Waals surface area contributed by atoms with Crippen molar-refractivity contribution in [3.63, 3.8) is 0 Å². The Morgan fingerprint density at radius 2 is 2.00 bits per heavy atom. The van der Waals surface area contributed by atoms with Crippen LogP contribution in [0.2, 0.25) is 0 Å². The predicted molar refractivity (Wildman–Crippen MR) is 49.5 cm³/mol. The van der Waals surface area contributed by atoms with Gasteiger partial charge in [-0.05, 0) is 31.6 Å². The summed E-state index contributed by atoms with van der Waals surface area (Å²) in [5, 5.41) is 8.57. The Balaban J connectivity index is 3.08. The zero-order valence-electron chi connectivity index (χ0n) is 7.55. The Morgan fingerprint density at radius 3 is 2.55 bits per heavy atom. The number of aliphatic hydroxyl groups is 1. The first-order chi connectivity index (χ1) is 5.31. The molecule has 0 aliphatic rings. The van der Waals surface area contributed by atoms with E-state index in [1.807, 2.05) is 6.08 Å². The summed E-state index contributed by atoms with van der Waals surface area (Å²) in [7, 11) is 0. The lowest BCUT2D eigenvalue weighted by molar-refractivity contribution is 0.271. The molecule has 0 aromatic rings. The maximum atomic E-state index is 8.57. The fourth-order valence-corrected chi connectivity index (χ4v) is 1.19. The van der Waals surface area contributed by atoms with E-state index >= 15 is 0 Å². The molecule has 0 saturated carbocycles. The summed E-state index contributed by atoms with van der Waals surface area (Å²) in [6.07, 6.45) is 7.73. The van der Waals surface area contributed by atoms with E-state index in [4.69, 9.17) is 5.11 Å². The normalized spacial score (nSPS) is 12.9. The number of rotatable bonds is 7. The summed E-state index contributed by atoms with van der Waals surface area (Å²) in [4.78, 5) is 0. The lowest BCUT2D eigenvalue weighted by atomic mass is 9.99. The van der Waals surface area contributed by atoms with Gasteiger partial charge >= 0.3 is 0 Å². The maximum absolute atomic E-state index is 8.57. The molecule has 0 bridgehead atoms. The van der Waals surface area contributed by atoms with Gasteiger partial charge in [0.2, 0.25) is 0 Å². The Labute approximate surface area is 70.1 Å². The van der Waals surface area contributed by atoms with Gasteiger partial charge in [0.25, 0.3) is 0 Å². The molecule has 66 valence electrons. The molecule has 0 heterocycles. The van der Waals surface area contributed by atoms with Crippen molar-refractivity contribution in [3.8, 4) is 0 Å². The van der Waals surface area contributed by atoms with E-state index in [0.29, 0.717) is 6.61 Å². The third-order valence-corrected chi connectivity index (χ3v) is 1.96. The zero-order valence-corrected chi connectivity index (χ0v) is 7.55. The number of aliphatic hydroxyl groups excluding tert-OH is 1. The minimum Gasteiger partial charge on any atom is -0.396 e. The van der Waals surface area contributed by atoms with Crippen LogP contribution in [0.3, 0.4) is 0 Å². The molecule has 1 atom stereocenters. The average Bonchev–Trinajstić information content (AvgIpc) is 2.01. The van der Waals surface area contributed by atoms with E-state index in [2.05, 4.69) is 13.5 Å². The molecule has 0 rings (SSSR count). The second kappa shape index (κ2) is 7.80. The Bertz CT molecular complexity index is 88.9. The van der Waals surface area contributed by atoms with Crippen LogP contribution in [0.15, 0.2) is 12.7 Å². The predicted octanol–water partition coefficient (Wildman–Crippen LogP) is 2.75. The van der Waals surface area contributed by atoms with Gasteiger partial charge in [-0.3, -0.25) is 0 Å². The number of hydrogen-bond donors (Lipinski definition) is 1. The summed E-state index contributed by atoms with van der Waals surface area (Å²) in [5.74, 6) is 0.766. The van der Waals surface area contributed by atoms with Gasteiger partial charge in [0.1, 0.15) is 0 Å². The van der Waals surface area contributed by atoms with Crippen molar-refractivity contribution >= 4 is 0 Å². The highest BCUT2D eigenvalue weighted by Gasteiger charge is 1.99. The summed E-state index contributed by atoms with van der Waals surface area (Å²) in [6.45, 7) is 6.27. The molecule has 0 aliphatic heterocycles. The van der Waals surface area contributed by atoms with Crippen molar-refractivity contribution < 1.29 is 5.11 Å². The highest BCUT2D eigenvalue weighted by molar-refractivity contribution is 4.66. The molecule has 0 unspecified atom stereocenters. The van der Waals surface area contributed by atoms with Crippen LogP contribution in [0.5, 0.6) is 0 Å². The highest BCUT2D eigenvalue weighted by atomic mass is 16.2. The van der Waals surface area contributed by atoms with Crippen molar-refractivity contribution in [1.29, 1.82) is 0 Å². The first-order valence-corrected chi connectivity index (χ1v) is 4.53. The van der Waals surface area contributed by atoms with Gasteiger partial charge in [0, 0.05) is 6.61 Å². The van der Waals surface area contributed by atoms with Crippen molar-refractivity contribution in [2.24, 2.45) is 5.92 Å². The van der Waals surface area contributed by atoms with Crippen LogP contribution in [0.1, 0.15) is 39.0 Å². The van der Waals surface area contributed by atoms with Gasteiger partial charge in [-0.1, -0.05) is 19.4 Å². The molecule has 0 radical (unpaired) electrons. The molecule has 0 aliphatic carbocycles. The second-order valence-corrected chi connectivity index (χ2v) is 3.19. The van der Waals surface area contributed by atoms with Crippen molar-refractivity contribution in [1.82, 2.24) is 0 Å². The van der Waals surface area contributed by atoms with Gasteiger partial charge in [-0.2, -0.15) is 0 Å². The van der Waals surface area contributed by atoms with E-state index in [1.54, 1.807) is 0 Å². The van der Waals surface area contributed by atoms with Gasteiger partial charge < -0.3 is 5.11 Å². The molecular formula is C10H20O. The fraction of sp³-hybridized carbons (Fsp3) is 0.800. The molecule has 0 amide bonds. The zero-order chi connectivity index (χ0) is 8.53. The lowest BCUT2D eigenvalue weighted by Gasteiger charge is -2.08. The standard InChI is InChI=1S/C10H20O/c1-3-4-5-7-10(2)8-6-9-11/h3,10-11H,1,4-9H2,2H3/t10-/m0/s1. The van der Waals surface area contributed by atoms with Crippen LogP contribution >= 0.6 is 0 Å². The number of hydrogen-bond acceptors (Lipinski definition) is 1. The summed E-state index contributed by atoms with van der Waals surface area (Å²) in [6, 6.07) is 0. The van der Waals surface area contributed by atoms with Crippen LogP contribution < -0.4 is 0 Å². The molecule has 0 aromatic carbocycles. The van der Waals surface area contributed by atoms with E-state index in [9.17, 15) is 0 Å². The minimum absolute atomic E-state index is 0.339.